The zero-order valence-electron chi connectivity index (χ0n) is 15.6. The van der Waals surface area contributed by atoms with Crippen LogP contribution in [0, 0.1) is 0 Å². The number of amides is 3. The summed E-state index contributed by atoms with van der Waals surface area (Å²) < 4.78 is 5.15. The fourth-order valence-corrected chi connectivity index (χ4v) is 3.60. The van der Waals surface area contributed by atoms with Crippen LogP contribution in [0.4, 0.5) is 4.79 Å². The monoisotopic (exact) mass is 416 g/mol. The van der Waals surface area contributed by atoms with E-state index in [1.807, 2.05) is 0 Å². The van der Waals surface area contributed by atoms with Crippen LogP contribution in [0.5, 0.6) is 5.75 Å². The van der Waals surface area contributed by atoms with Crippen LogP contribution < -0.4 is 0 Å². The summed E-state index contributed by atoms with van der Waals surface area (Å²) in [6.07, 6.45) is 1.99. The molecule has 0 radical (unpaired) electrons. The standard InChI is InChI=1S/C20H20N2O6S/c1-21(12-16(24)13-4-6-14(23)7-5-13)18(25)8-9-22-19(26)17(29-20(22)27)11-15-3-2-10-28-15/h2-7,10-11,16,23-24H,8-9,12H2,1H3. The molecule has 3 amide bonds. The van der Waals surface area contributed by atoms with E-state index in [9.17, 15) is 24.6 Å². The van der Waals surface area contributed by atoms with E-state index in [0.717, 1.165) is 16.7 Å². The zero-order chi connectivity index (χ0) is 21.0. The van der Waals surface area contributed by atoms with Gasteiger partial charge in [-0.2, -0.15) is 0 Å². The second-order valence-electron chi connectivity index (χ2n) is 6.48. The predicted molar refractivity (Wildman–Crippen MR) is 107 cm³/mol. The zero-order valence-corrected chi connectivity index (χ0v) is 16.5. The number of imide groups is 1. The number of aromatic hydroxyl groups is 1. The second-order valence-corrected chi connectivity index (χ2v) is 7.47. The maximum absolute atomic E-state index is 12.4. The van der Waals surface area contributed by atoms with Crippen molar-refractivity contribution < 1.29 is 29.0 Å². The van der Waals surface area contributed by atoms with Gasteiger partial charge in [0.15, 0.2) is 0 Å². The molecule has 1 unspecified atom stereocenters. The molecule has 2 N–H and O–H groups in total. The van der Waals surface area contributed by atoms with Gasteiger partial charge < -0.3 is 19.5 Å². The summed E-state index contributed by atoms with van der Waals surface area (Å²) in [5.41, 5.74) is 0.566. The summed E-state index contributed by atoms with van der Waals surface area (Å²) >= 11 is 0.802. The maximum Gasteiger partial charge on any atom is 0.293 e. The third-order valence-corrected chi connectivity index (χ3v) is 5.30. The number of rotatable bonds is 7. The van der Waals surface area contributed by atoms with E-state index in [4.69, 9.17) is 4.42 Å². The number of hydrogen-bond acceptors (Lipinski definition) is 7. The van der Waals surface area contributed by atoms with Crippen molar-refractivity contribution in [3.05, 3.63) is 58.9 Å². The summed E-state index contributed by atoms with van der Waals surface area (Å²) in [6.45, 7) is 0.00252. The average Bonchev–Trinajstić information content (AvgIpc) is 3.29. The quantitative estimate of drug-likeness (QED) is 0.668. The molecular formula is C20H20N2O6S. The van der Waals surface area contributed by atoms with Crippen molar-refractivity contribution in [3.8, 4) is 5.75 Å². The number of thioether (sulfide) groups is 1. The number of furan rings is 1. The minimum atomic E-state index is -0.919. The SMILES string of the molecule is CN(CC(O)c1ccc(O)cc1)C(=O)CCN1C(=O)SC(=Cc2ccco2)C1=O. The highest BCUT2D eigenvalue weighted by Crippen LogP contribution is 2.32. The number of likely N-dealkylation sites (N-methyl/N-ethyl adjacent to an activating group) is 1. The fraction of sp³-hybridized carbons (Fsp3) is 0.250. The molecule has 9 heteroatoms. The lowest BCUT2D eigenvalue weighted by molar-refractivity contribution is -0.131. The number of carbonyl (C=O) groups excluding carboxylic acids is 3. The minimum Gasteiger partial charge on any atom is -0.508 e. The van der Waals surface area contributed by atoms with Crippen LogP contribution in [0.25, 0.3) is 6.08 Å². The molecule has 29 heavy (non-hydrogen) atoms. The Morgan fingerprint density at radius 1 is 1.28 bits per heavy atom. The van der Waals surface area contributed by atoms with E-state index >= 15 is 0 Å². The van der Waals surface area contributed by atoms with Crippen molar-refractivity contribution in [2.45, 2.75) is 12.5 Å². The Morgan fingerprint density at radius 2 is 2.00 bits per heavy atom. The first-order chi connectivity index (χ1) is 13.8. The molecule has 1 atom stereocenters. The molecule has 0 bridgehead atoms. The molecule has 8 nitrogen and oxygen atoms in total. The van der Waals surface area contributed by atoms with Crippen LogP contribution in [0.1, 0.15) is 23.8 Å². The largest absolute Gasteiger partial charge is 0.508 e. The van der Waals surface area contributed by atoms with Gasteiger partial charge in [0, 0.05) is 26.1 Å². The Bertz CT molecular complexity index is 923. The van der Waals surface area contributed by atoms with Crippen molar-refractivity contribution in [2.24, 2.45) is 0 Å². The van der Waals surface area contributed by atoms with Crippen LogP contribution in [-0.2, 0) is 9.59 Å². The van der Waals surface area contributed by atoms with Crippen molar-refractivity contribution in [1.82, 2.24) is 9.80 Å². The van der Waals surface area contributed by atoms with Crippen LogP contribution in [0.3, 0.4) is 0 Å². The smallest absolute Gasteiger partial charge is 0.293 e. The lowest BCUT2D eigenvalue weighted by Crippen LogP contribution is -2.36. The van der Waals surface area contributed by atoms with Gasteiger partial charge >= 0.3 is 0 Å². The third-order valence-electron chi connectivity index (χ3n) is 4.39. The van der Waals surface area contributed by atoms with Gasteiger partial charge in [-0.1, -0.05) is 12.1 Å². The van der Waals surface area contributed by atoms with E-state index in [-0.39, 0.29) is 36.1 Å². The normalized spacial score (nSPS) is 16.5. The number of nitrogens with zero attached hydrogens (tertiary/aromatic N) is 2. The molecule has 1 saturated heterocycles. The van der Waals surface area contributed by atoms with E-state index in [0.29, 0.717) is 11.3 Å². The van der Waals surface area contributed by atoms with Gasteiger partial charge in [0.05, 0.1) is 23.8 Å². The number of aliphatic hydroxyl groups excluding tert-OH is 1. The molecule has 3 rings (SSSR count). The highest BCUT2D eigenvalue weighted by atomic mass is 32.2. The summed E-state index contributed by atoms with van der Waals surface area (Å²) in [5, 5.41) is 19.1. The molecule has 1 aromatic carbocycles. The first kappa shape index (κ1) is 20.7. The fourth-order valence-electron chi connectivity index (χ4n) is 2.76. The lowest BCUT2D eigenvalue weighted by Gasteiger charge is -2.22. The molecule has 1 aromatic heterocycles. The number of phenolic OH excluding ortho intramolecular Hbond substituents is 1. The van der Waals surface area contributed by atoms with E-state index in [2.05, 4.69) is 0 Å². The van der Waals surface area contributed by atoms with Crippen molar-refractivity contribution >= 4 is 34.9 Å². The van der Waals surface area contributed by atoms with Crippen LogP contribution in [0.15, 0.2) is 52.0 Å². The molecule has 0 saturated carbocycles. The van der Waals surface area contributed by atoms with Crippen LogP contribution in [0.2, 0.25) is 0 Å². The second kappa shape index (κ2) is 8.97. The molecule has 2 heterocycles. The average molecular weight is 416 g/mol. The third kappa shape index (κ3) is 5.07. The Balaban J connectivity index is 1.53. The molecule has 0 aliphatic carbocycles. The van der Waals surface area contributed by atoms with E-state index in [1.165, 1.54) is 36.4 Å². The van der Waals surface area contributed by atoms with Gasteiger partial charge in [-0.3, -0.25) is 19.3 Å². The lowest BCUT2D eigenvalue weighted by atomic mass is 10.1. The van der Waals surface area contributed by atoms with Crippen molar-refractivity contribution in [3.63, 3.8) is 0 Å². The van der Waals surface area contributed by atoms with Gasteiger partial charge in [0.2, 0.25) is 5.91 Å². The van der Waals surface area contributed by atoms with Gasteiger partial charge in [-0.05, 0) is 41.6 Å². The molecule has 0 spiro atoms. The number of hydrogen-bond donors (Lipinski definition) is 2. The number of aliphatic hydroxyl groups is 1. The summed E-state index contributed by atoms with van der Waals surface area (Å²) in [7, 11) is 1.54. The van der Waals surface area contributed by atoms with Crippen LogP contribution >= 0.6 is 11.8 Å². The predicted octanol–water partition coefficient (Wildman–Crippen LogP) is 2.60. The van der Waals surface area contributed by atoms with Gasteiger partial charge in [-0.15, -0.1) is 0 Å². The molecule has 2 aromatic rings. The van der Waals surface area contributed by atoms with Gasteiger partial charge in [0.25, 0.3) is 11.1 Å². The summed E-state index contributed by atoms with van der Waals surface area (Å²) in [5.74, 6) is -0.217. The van der Waals surface area contributed by atoms with Gasteiger partial charge in [-0.25, -0.2) is 0 Å². The highest BCUT2D eigenvalue weighted by Gasteiger charge is 2.35. The number of benzene rings is 1. The first-order valence-electron chi connectivity index (χ1n) is 8.85. The van der Waals surface area contributed by atoms with Crippen molar-refractivity contribution in [1.29, 1.82) is 0 Å². The summed E-state index contributed by atoms with van der Waals surface area (Å²) in [4.78, 5) is 39.5. The number of phenols is 1. The minimum absolute atomic E-state index is 0.0430. The Hall–Kier alpha value is -3.04. The summed E-state index contributed by atoms with van der Waals surface area (Å²) in [6, 6.07) is 9.41. The molecule has 1 aliphatic rings. The molecule has 152 valence electrons. The molecule has 1 aliphatic heterocycles. The highest BCUT2D eigenvalue weighted by molar-refractivity contribution is 8.18. The Labute approximate surface area is 171 Å². The van der Waals surface area contributed by atoms with Crippen molar-refractivity contribution in [2.75, 3.05) is 20.1 Å². The maximum atomic E-state index is 12.4. The Kier molecular flexibility index (Phi) is 6.40. The van der Waals surface area contributed by atoms with Crippen LogP contribution in [-0.4, -0.2) is 57.2 Å². The van der Waals surface area contributed by atoms with E-state index in [1.54, 1.807) is 24.3 Å². The van der Waals surface area contributed by atoms with Gasteiger partial charge in [0.1, 0.15) is 11.5 Å². The Morgan fingerprint density at radius 3 is 2.66 bits per heavy atom. The topological polar surface area (TPSA) is 111 Å². The van der Waals surface area contributed by atoms with E-state index < -0.39 is 17.3 Å². The number of carbonyl (C=O) groups is 3. The molecular weight excluding hydrogens is 396 g/mol. The first-order valence-corrected chi connectivity index (χ1v) is 9.66. The molecule has 1 fully saturated rings.